The quantitative estimate of drug-likeness (QED) is 0.680. The van der Waals surface area contributed by atoms with Gasteiger partial charge in [-0.25, -0.2) is 0 Å². The van der Waals surface area contributed by atoms with Gasteiger partial charge in [0.1, 0.15) is 5.75 Å². The summed E-state index contributed by atoms with van der Waals surface area (Å²) >= 11 is 1.79. The van der Waals surface area contributed by atoms with Crippen molar-refractivity contribution in [1.29, 1.82) is 0 Å². The number of likely N-dealkylation sites (N-methyl/N-ethyl adjacent to an activating group) is 1. The fourth-order valence-electron chi connectivity index (χ4n) is 3.22. The van der Waals surface area contributed by atoms with Crippen LogP contribution in [0.2, 0.25) is 0 Å². The van der Waals surface area contributed by atoms with E-state index in [9.17, 15) is 0 Å². The van der Waals surface area contributed by atoms with Crippen molar-refractivity contribution in [2.45, 2.75) is 30.7 Å². The van der Waals surface area contributed by atoms with E-state index in [-0.39, 0.29) is 0 Å². The van der Waals surface area contributed by atoms with Gasteiger partial charge in [0.25, 0.3) is 5.06 Å². The maximum absolute atomic E-state index is 6.50. The predicted molar refractivity (Wildman–Crippen MR) is 93.6 cm³/mol. The SMILES string of the molecule is CC1=Cc2cc(C)ccc2OC12Sc1cc(C)ccc1N2C. The third-order valence-corrected chi connectivity index (χ3v) is 5.95. The number of fused-ring (bicyclic) bond motifs is 2. The number of hydrogen-bond acceptors (Lipinski definition) is 3. The number of nitrogens with zero attached hydrogens (tertiary/aromatic N) is 1. The molecule has 0 aliphatic carbocycles. The summed E-state index contributed by atoms with van der Waals surface area (Å²) in [6.07, 6.45) is 2.26. The van der Waals surface area contributed by atoms with Crippen molar-refractivity contribution >= 4 is 23.5 Å². The van der Waals surface area contributed by atoms with E-state index in [2.05, 4.69) is 75.2 Å². The lowest BCUT2D eigenvalue weighted by Crippen LogP contribution is -2.48. The Morgan fingerprint density at radius 3 is 2.55 bits per heavy atom. The van der Waals surface area contributed by atoms with Gasteiger partial charge in [-0.15, -0.1) is 0 Å². The third kappa shape index (κ3) is 1.82. The molecule has 0 fully saturated rings. The summed E-state index contributed by atoms with van der Waals surface area (Å²) in [5.74, 6) is 0.958. The van der Waals surface area contributed by atoms with Gasteiger partial charge >= 0.3 is 0 Å². The average molecular weight is 309 g/mol. The molecule has 0 N–H and O–H groups in total. The minimum absolute atomic E-state index is 0.460. The number of rotatable bonds is 0. The molecule has 2 aliphatic heterocycles. The lowest BCUT2D eigenvalue weighted by atomic mass is 10.0. The smallest absolute Gasteiger partial charge is 0.258 e. The van der Waals surface area contributed by atoms with E-state index in [0.717, 1.165) is 5.75 Å². The highest BCUT2D eigenvalue weighted by Gasteiger charge is 2.48. The minimum atomic E-state index is -0.460. The first-order chi connectivity index (χ1) is 10.5. The molecule has 2 aliphatic rings. The van der Waals surface area contributed by atoms with Gasteiger partial charge < -0.3 is 9.64 Å². The van der Waals surface area contributed by atoms with Gasteiger partial charge in [0.05, 0.1) is 5.69 Å². The summed E-state index contributed by atoms with van der Waals surface area (Å²) in [4.78, 5) is 3.53. The second-order valence-corrected chi connectivity index (χ2v) is 7.38. The number of ether oxygens (including phenoxy) is 1. The molecule has 2 nitrogen and oxygen atoms in total. The molecule has 1 unspecified atom stereocenters. The standard InChI is InChI=1S/C19H19NOS/c1-12-6-8-17-15(9-12)11-14(3)19(21-17)20(4)16-7-5-13(2)10-18(16)22-19/h5-11H,1-4H3. The Bertz CT molecular complexity index is 811. The molecule has 0 bridgehead atoms. The molecule has 0 amide bonds. The fraction of sp³-hybridized carbons (Fsp3) is 0.263. The van der Waals surface area contributed by atoms with E-state index >= 15 is 0 Å². The molecule has 3 heteroatoms. The van der Waals surface area contributed by atoms with Crippen molar-refractivity contribution in [3.8, 4) is 5.75 Å². The average Bonchev–Trinajstić information content (AvgIpc) is 2.74. The van der Waals surface area contributed by atoms with Crippen molar-refractivity contribution in [3.05, 3.63) is 58.7 Å². The van der Waals surface area contributed by atoms with Crippen LogP contribution in [0, 0.1) is 13.8 Å². The highest BCUT2D eigenvalue weighted by atomic mass is 32.2. The summed E-state index contributed by atoms with van der Waals surface area (Å²) in [5.41, 5.74) is 6.17. The van der Waals surface area contributed by atoms with E-state index < -0.39 is 5.06 Å². The van der Waals surface area contributed by atoms with Gasteiger partial charge in [-0.05, 0) is 68.4 Å². The molecule has 0 saturated carbocycles. The summed E-state index contributed by atoms with van der Waals surface area (Å²) in [6, 6.07) is 13.0. The molecule has 4 rings (SSSR count). The molecule has 22 heavy (non-hydrogen) atoms. The molecular weight excluding hydrogens is 290 g/mol. The molecule has 2 aromatic rings. The van der Waals surface area contributed by atoms with E-state index in [1.165, 1.54) is 32.8 Å². The highest BCUT2D eigenvalue weighted by Crippen LogP contribution is 2.55. The van der Waals surface area contributed by atoms with Crippen LogP contribution in [0.4, 0.5) is 5.69 Å². The van der Waals surface area contributed by atoms with E-state index in [1.807, 2.05) is 0 Å². The van der Waals surface area contributed by atoms with Crippen LogP contribution in [0.1, 0.15) is 23.6 Å². The van der Waals surface area contributed by atoms with Crippen molar-refractivity contribution in [2.24, 2.45) is 0 Å². The predicted octanol–water partition coefficient (Wildman–Crippen LogP) is 5.00. The summed E-state index contributed by atoms with van der Waals surface area (Å²) in [6.45, 7) is 6.41. The summed E-state index contributed by atoms with van der Waals surface area (Å²) in [5, 5.41) is -0.460. The van der Waals surface area contributed by atoms with Gasteiger partial charge in [0.15, 0.2) is 0 Å². The number of aryl methyl sites for hydroxylation is 2. The third-order valence-electron chi connectivity index (χ3n) is 4.45. The van der Waals surface area contributed by atoms with Crippen LogP contribution in [0.25, 0.3) is 6.08 Å². The first kappa shape index (κ1) is 13.8. The van der Waals surface area contributed by atoms with Crippen molar-refractivity contribution in [3.63, 3.8) is 0 Å². The largest absolute Gasteiger partial charge is 0.454 e. The lowest BCUT2D eigenvalue weighted by molar-refractivity contribution is 0.202. The number of thioether (sulfide) groups is 1. The molecule has 2 aromatic carbocycles. The molecule has 1 spiro atoms. The van der Waals surface area contributed by atoms with Gasteiger partial charge in [0, 0.05) is 23.1 Å². The first-order valence-electron chi connectivity index (χ1n) is 7.51. The fourth-order valence-corrected chi connectivity index (χ4v) is 4.66. The van der Waals surface area contributed by atoms with Crippen molar-refractivity contribution in [2.75, 3.05) is 11.9 Å². The Morgan fingerprint density at radius 2 is 1.73 bits per heavy atom. The van der Waals surface area contributed by atoms with Crippen LogP contribution in [0.5, 0.6) is 5.75 Å². The Hall–Kier alpha value is -1.87. The maximum atomic E-state index is 6.50. The molecular formula is C19H19NOS. The Labute approximate surface area is 135 Å². The molecule has 0 radical (unpaired) electrons. The molecule has 2 heterocycles. The van der Waals surface area contributed by atoms with E-state index in [4.69, 9.17) is 4.74 Å². The number of anilines is 1. The summed E-state index contributed by atoms with van der Waals surface area (Å²) < 4.78 is 6.50. The van der Waals surface area contributed by atoms with Crippen LogP contribution < -0.4 is 9.64 Å². The molecule has 0 saturated heterocycles. The van der Waals surface area contributed by atoms with Crippen LogP contribution in [-0.2, 0) is 0 Å². The van der Waals surface area contributed by atoms with Gasteiger partial charge in [-0.3, -0.25) is 0 Å². The monoisotopic (exact) mass is 309 g/mol. The second-order valence-electron chi connectivity index (χ2n) is 6.18. The molecule has 112 valence electrons. The zero-order valence-electron chi connectivity index (χ0n) is 13.3. The zero-order chi connectivity index (χ0) is 15.5. The Balaban J connectivity index is 1.83. The Morgan fingerprint density at radius 1 is 1.00 bits per heavy atom. The van der Waals surface area contributed by atoms with Crippen molar-refractivity contribution < 1.29 is 4.74 Å². The first-order valence-corrected chi connectivity index (χ1v) is 8.33. The van der Waals surface area contributed by atoms with Crippen LogP contribution in [0.3, 0.4) is 0 Å². The normalized spacial score (nSPS) is 22.2. The van der Waals surface area contributed by atoms with Gasteiger partial charge in [0.2, 0.25) is 0 Å². The number of benzene rings is 2. The lowest BCUT2D eigenvalue weighted by Gasteiger charge is -2.40. The van der Waals surface area contributed by atoms with E-state index in [0.29, 0.717) is 0 Å². The van der Waals surface area contributed by atoms with Crippen molar-refractivity contribution in [1.82, 2.24) is 0 Å². The second kappa shape index (κ2) is 4.56. The van der Waals surface area contributed by atoms with E-state index in [1.54, 1.807) is 11.8 Å². The Kier molecular flexibility index (Phi) is 2.85. The molecule has 0 aromatic heterocycles. The van der Waals surface area contributed by atoms with Crippen LogP contribution >= 0.6 is 11.8 Å². The summed E-state index contributed by atoms with van der Waals surface area (Å²) in [7, 11) is 2.12. The zero-order valence-corrected chi connectivity index (χ0v) is 14.1. The molecule has 1 atom stereocenters. The van der Waals surface area contributed by atoms with Gasteiger partial charge in [-0.1, -0.05) is 17.7 Å². The van der Waals surface area contributed by atoms with Crippen LogP contribution in [0.15, 0.2) is 46.9 Å². The minimum Gasteiger partial charge on any atom is -0.454 e. The maximum Gasteiger partial charge on any atom is 0.258 e. The highest BCUT2D eigenvalue weighted by molar-refractivity contribution is 8.01. The topological polar surface area (TPSA) is 12.5 Å². The number of hydrogen-bond donors (Lipinski definition) is 0. The van der Waals surface area contributed by atoms with Crippen LogP contribution in [-0.4, -0.2) is 12.1 Å². The van der Waals surface area contributed by atoms with Gasteiger partial charge in [-0.2, -0.15) is 0 Å².